The predicted molar refractivity (Wildman–Crippen MR) is 89.4 cm³/mol. The van der Waals surface area contributed by atoms with Crippen molar-refractivity contribution in [1.82, 2.24) is 30.2 Å². The molecule has 2 aromatic heterocycles. The van der Waals surface area contributed by atoms with Crippen LogP contribution in [0.4, 0.5) is 14.7 Å². The summed E-state index contributed by atoms with van der Waals surface area (Å²) in [5.74, 6) is -0.534. The minimum absolute atomic E-state index is 0.117. The SMILES string of the molecule is O=C(Nc1nc2cc3c(cc2[nH]1)OC(F)(F)O3)c1cccc(-n2cnnn2)c1. The molecule has 0 atom stereocenters. The number of fused-ring (bicyclic) bond motifs is 2. The van der Waals surface area contributed by atoms with Gasteiger partial charge in [0.05, 0.1) is 16.7 Å². The molecule has 10 nitrogen and oxygen atoms in total. The zero-order valence-electron chi connectivity index (χ0n) is 13.8. The summed E-state index contributed by atoms with van der Waals surface area (Å²) in [6.45, 7) is 0. The molecule has 0 bridgehead atoms. The highest BCUT2D eigenvalue weighted by Crippen LogP contribution is 2.42. The number of ether oxygens (including phenoxy) is 2. The van der Waals surface area contributed by atoms with Crippen LogP contribution >= 0.6 is 0 Å². The van der Waals surface area contributed by atoms with Gasteiger partial charge in [-0.3, -0.25) is 10.1 Å². The van der Waals surface area contributed by atoms with Crippen LogP contribution in [0.3, 0.4) is 0 Å². The van der Waals surface area contributed by atoms with E-state index in [1.807, 2.05) is 0 Å². The Morgan fingerprint density at radius 2 is 2.00 bits per heavy atom. The summed E-state index contributed by atoms with van der Waals surface area (Å²) in [7, 11) is 0. The van der Waals surface area contributed by atoms with Crippen molar-refractivity contribution in [3.05, 3.63) is 48.3 Å². The van der Waals surface area contributed by atoms with E-state index in [4.69, 9.17) is 0 Å². The molecule has 0 spiro atoms. The Labute approximate surface area is 154 Å². The summed E-state index contributed by atoms with van der Waals surface area (Å²) >= 11 is 0. The molecule has 0 radical (unpaired) electrons. The van der Waals surface area contributed by atoms with E-state index < -0.39 is 12.2 Å². The average Bonchev–Trinajstić information content (AvgIpc) is 3.36. The minimum Gasteiger partial charge on any atom is -0.395 e. The summed E-state index contributed by atoms with van der Waals surface area (Å²) in [6, 6.07) is 9.27. The van der Waals surface area contributed by atoms with Crippen molar-refractivity contribution < 1.29 is 23.0 Å². The van der Waals surface area contributed by atoms with E-state index in [-0.39, 0.29) is 17.4 Å². The third-order valence-electron chi connectivity index (χ3n) is 3.96. The Morgan fingerprint density at radius 1 is 1.18 bits per heavy atom. The average molecular weight is 385 g/mol. The van der Waals surface area contributed by atoms with Crippen LogP contribution in [0.15, 0.2) is 42.7 Å². The number of nitrogens with one attached hydrogen (secondary N) is 2. The summed E-state index contributed by atoms with van der Waals surface area (Å²) in [4.78, 5) is 19.5. The molecule has 2 aromatic carbocycles. The van der Waals surface area contributed by atoms with Crippen LogP contribution in [-0.4, -0.2) is 42.4 Å². The number of tetrazole rings is 1. The van der Waals surface area contributed by atoms with Crippen molar-refractivity contribution in [2.24, 2.45) is 0 Å². The molecule has 0 fully saturated rings. The number of anilines is 1. The molecule has 4 aromatic rings. The Balaban J connectivity index is 1.40. The van der Waals surface area contributed by atoms with Gasteiger partial charge in [0, 0.05) is 17.7 Å². The molecule has 0 unspecified atom stereocenters. The maximum atomic E-state index is 13.1. The highest BCUT2D eigenvalue weighted by molar-refractivity contribution is 6.04. The first-order valence-electron chi connectivity index (χ1n) is 7.91. The minimum atomic E-state index is -3.71. The monoisotopic (exact) mass is 385 g/mol. The third kappa shape index (κ3) is 2.76. The lowest BCUT2D eigenvalue weighted by Crippen LogP contribution is -2.25. The lowest BCUT2D eigenvalue weighted by molar-refractivity contribution is -0.286. The van der Waals surface area contributed by atoms with Gasteiger partial charge in [0.25, 0.3) is 5.91 Å². The highest BCUT2D eigenvalue weighted by atomic mass is 19.3. The molecule has 1 amide bonds. The molecule has 5 rings (SSSR count). The van der Waals surface area contributed by atoms with Crippen LogP contribution in [-0.2, 0) is 0 Å². The van der Waals surface area contributed by atoms with E-state index >= 15 is 0 Å². The zero-order valence-corrected chi connectivity index (χ0v) is 13.8. The molecule has 3 heterocycles. The van der Waals surface area contributed by atoms with Gasteiger partial charge in [0.15, 0.2) is 11.5 Å². The Bertz CT molecular complexity index is 1160. The summed E-state index contributed by atoms with van der Waals surface area (Å²) in [5.41, 5.74) is 1.69. The number of benzene rings is 2. The second-order valence-electron chi connectivity index (χ2n) is 5.83. The van der Waals surface area contributed by atoms with Crippen LogP contribution in [0, 0.1) is 0 Å². The van der Waals surface area contributed by atoms with Crippen molar-refractivity contribution in [3.63, 3.8) is 0 Å². The molecule has 28 heavy (non-hydrogen) atoms. The zero-order chi connectivity index (χ0) is 19.3. The number of amides is 1. The summed E-state index contributed by atoms with van der Waals surface area (Å²) < 4.78 is 36.5. The van der Waals surface area contributed by atoms with Crippen molar-refractivity contribution in [3.8, 4) is 17.2 Å². The number of aromatic amines is 1. The second kappa shape index (κ2) is 5.70. The van der Waals surface area contributed by atoms with E-state index in [1.165, 1.54) is 23.1 Å². The van der Waals surface area contributed by atoms with Crippen LogP contribution in [0.1, 0.15) is 10.4 Å². The summed E-state index contributed by atoms with van der Waals surface area (Å²) in [6.07, 6.45) is -2.30. The molecule has 140 valence electrons. The highest BCUT2D eigenvalue weighted by Gasteiger charge is 2.43. The fraction of sp³-hybridized carbons (Fsp3) is 0.0625. The molecule has 0 saturated heterocycles. The van der Waals surface area contributed by atoms with E-state index in [0.717, 1.165) is 0 Å². The van der Waals surface area contributed by atoms with Crippen molar-refractivity contribution in [1.29, 1.82) is 0 Å². The largest absolute Gasteiger partial charge is 0.586 e. The molecule has 1 aliphatic heterocycles. The number of aromatic nitrogens is 6. The van der Waals surface area contributed by atoms with E-state index in [9.17, 15) is 13.6 Å². The maximum Gasteiger partial charge on any atom is 0.586 e. The van der Waals surface area contributed by atoms with E-state index in [0.29, 0.717) is 22.3 Å². The van der Waals surface area contributed by atoms with Gasteiger partial charge in [-0.1, -0.05) is 6.07 Å². The first-order chi connectivity index (χ1) is 13.5. The fourth-order valence-corrected chi connectivity index (χ4v) is 2.76. The number of halogens is 2. The Morgan fingerprint density at radius 3 is 2.79 bits per heavy atom. The predicted octanol–water partition coefficient (Wildman–Crippen LogP) is 2.11. The number of hydrogen-bond acceptors (Lipinski definition) is 7. The molecular formula is C16H9F2N7O3. The second-order valence-corrected chi connectivity index (χ2v) is 5.83. The lowest BCUT2D eigenvalue weighted by atomic mass is 10.2. The number of carbonyl (C=O) groups excluding carboxylic acids is 1. The van der Waals surface area contributed by atoms with Gasteiger partial charge in [-0.15, -0.1) is 13.9 Å². The smallest absolute Gasteiger partial charge is 0.395 e. The van der Waals surface area contributed by atoms with Crippen LogP contribution in [0.5, 0.6) is 11.5 Å². The van der Waals surface area contributed by atoms with Gasteiger partial charge in [-0.25, -0.2) is 9.67 Å². The van der Waals surface area contributed by atoms with Crippen LogP contribution in [0.2, 0.25) is 0 Å². The number of nitrogens with zero attached hydrogens (tertiary/aromatic N) is 5. The van der Waals surface area contributed by atoms with Crippen molar-refractivity contribution in [2.75, 3.05) is 5.32 Å². The van der Waals surface area contributed by atoms with Gasteiger partial charge in [0.1, 0.15) is 6.33 Å². The van der Waals surface area contributed by atoms with Crippen LogP contribution < -0.4 is 14.8 Å². The first kappa shape index (κ1) is 16.1. The summed E-state index contributed by atoms with van der Waals surface area (Å²) in [5, 5.41) is 13.5. The number of carbonyl (C=O) groups is 1. The van der Waals surface area contributed by atoms with Crippen LogP contribution in [0.25, 0.3) is 16.7 Å². The van der Waals surface area contributed by atoms with E-state index in [1.54, 1.807) is 24.3 Å². The van der Waals surface area contributed by atoms with E-state index in [2.05, 4.69) is 40.3 Å². The lowest BCUT2D eigenvalue weighted by Gasteiger charge is -2.04. The standard InChI is InChI=1S/C16H9F2N7O3/c17-16(18)27-12-5-10-11(6-13(12)28-16)21-15(20-10)22-14(26)8-2-1-3-9(4-8)25-7-19-23-24-25/h1-7H,(H2,20,21,22,26). The molecule has 0 saturated carbocycles. The number of alkyl halides is 2. The first-order valence-corrected chi connectivity index (χ1v) is 7.91. The topological polar surface area (TPSA) is 120 Å². The van der Waals surface area contributed by atoms with Gasteiger partial charge < -0.3 is 14.5 Å². The molecule has 12 heteroatoms. The maximum absolute atomic E-state index is 13.1. The number of rotatable bonds is 3. The van der Waals surface area contributed by atoms with Gasteiger partial charge in [-0.05, 0) is 28.6 Å². The van der Waals surface area contributed by atoms with Crippen molar-refractivity contribution in [2.45, 2.75) is 6.29 Å². The number of H-pyrrole nitrogens is 1. The fourth-order valence-electron chi connectivity index (χ4n) is 2.76. The van der Waals surface area contributed by atoms with Crippen molar-refractivity contribution >= 4 is 22.9 Å². The normalized spacial score (nSPS) is 14.4. The molecule has 0 aliphatic carbocycles. The Hall–Kier alpha value is -4.09. The number of imidazole rings is 1. The quantitative estimate of drug-likeness (QED) is 0.554. The molecule has 1 aliphatic rings. The Kier molecular flexibility index (Phi) is 3.28. The molecular weight excluding hydrogens is 376 g/mol. The van der Waals surface area contributed by atoms with Gasteiger partial charge in [-0.2, -0.15) is 0 Å². The van der Waals surface area contributed by atoms with Gasteiger partial charge in [0.2, 0.25) is 5.95 Å². The van der Waals surface area contributed by atoms with Gasteiger partial charge >= 0.3 is 6.29 Å². The molecule has 2 N–H and O–H groups in total. The third-order valence-corrected chi connectivity index (χ3v) is 3.96. The number of hydrogen-bond donors (Lipinski definition) is 2.